The smallest absolute Gasteiger partial charge is 0.0476 e. The number of hydrogen-bond acceptors (Lipinski definition) is 2. The van der Waals surface area contributed by atoms with Crippen molar-refractivity contribution in [3.63, 3.8) is 0 Å². The summed E-state index contributed by atoms with van der Waals surface area (Å²) in [4.78, 5) is 2.49. The van der Waals surface area contributed by atoms with Gasteiger partial charge in [0, 0.05) is 37.2 Å². The summed E-state index contributed by atoms with van der Waals surface area (Å²) < 4.78 is 2.64. The standard InChI is InChI=1S/C52H41NS/c1-4-15-36(16-5-1)45-24-14-25-46(37-17-6-2-7-18-37)52(45)39-27-29-41(30-28-39)53(42-31-32-48-47-23-12-13-26-50(47)54-51(48)35-42)43-33-40-21-10-11-22-44(40)49(34-43)38-19-8-3-9-20-38/h1-2,4-7,10-18,21-35,38H,3,8-9,19-20H2. The number of benzene rings is 8. The second-order valence-corrected chi connectivity index (χ2v) is 15.8. The molecule has 0 radical (unpaired) electrons. The van der Waals surface area contributed by atoms with Crippen LogP contribution in [0.25, 0.3) is 64.3 Å². The topological polar surface area (TPSA) is 3.24 Å². The second-order valence-electron chi connectivity index (χ2n) is 14.7. The fraction of sp³-hybridized carbons (Fsp3) is 0.115. The maximum atomic E-state index is 2.51. The van der Waals surface area contributed by atoms with Crippen LogP contribution in [0.2, 0.25) is 0 Å². The Kier molecular flexibility index (Phi) is 8.54. The van der Waals surface area contributed by atoms with E-state index in [0.29, 0.717) is 5.92 Å². The predicted molar refractivity (Wildman–Crippen MR) is 234 cm³/mol. The average Bonchev–Trinajstić information content (AvgIpc) is 3.62. The lowest BCUT2D eigenvalue weighted by Gasteiger charge is -2.29. The van der Waals surface area contributed by atoms with Crippen molar-refractivity contribution >= 4 is 59.3 Å². The van der Waals surface area contributed by atoms with Gasteiger partial charge in [-0.1, -0.05) is 159 Å². The minimum Gasteiger partial charge on any atom is -0.310 e. The molecule has 0 spiro atoms. The zero-order chi connectivity index (χ0) is 35.8. The van der Waals surface area contributed by atoms with E-state index in [1.165, 1.54) is 113 Å². The van der Waals surface area contributed by atoms with E-state index in [9.17, 15) is 0 Å². The number of hydrogen-bond donors (Lipinski definition) is 0. The molecule has 0 atom stereocenters. The third kappa shape index (κ3) is 5.97. The molecule has 1 saturated carbocycles. The fourth-order valence-electron chi connectivity index (χ4n) is 8.86. The van der Waals surface area contributed by atoms with Crippen LogP contribution in [-0.4, -0.2) is 0 Å². The summed E-state index contributed by atoms with van der Waals surface area (Å²) in [5, 5.41) is 5.36. The minimum absolute atomic E-state index is 0.587. The number of thiophene rings is 1. The normalized spacial score (nSPS) is 13.5. The van der Waals surface area contributed by atoms with Gasteiger partial charge in [-0.05, 0) is 111 Å². The van der Waals surface area contributed by atoms with Crippen molar-refractivity contribution < 1.29 is 0 Å². The Bertz CT molecular complexity index is 2680. The van der Waals surface area contributed by atoms with Crippen LogP contribution in [0, 0.1) is 0 Å². The van der Waals surface area contributed by atoms with Crippen LogP contribution in [0.4, 0.5) is 17.1 Å². The monoisotopic (exact) mass is 711 g/mol. The molecule has 0 N–H and O–H groups in total. The van der Waals surface area contributed by atoms with Crippen molar-refractivity contribution in [2.45, 2.75) is 38.0 Å². The zero-order valence-electron chi connectivity index (χ0n) is 30.3. The van der Waals surface area contributed by atoms with Gasteiger partial charge in [0.15, 0.2) is 0 Å². The Hall–Kier alpha value is -5.96. The highest BCUT2D eigenvalue weighted by Gasteiger charge is 2.22. The van der Waals surface area contributed by atoms with Gasteiger partial charge < -0.3 is 4.90 Å². The van der Waals surface area contributed by atoms with E-state index >= 15 is 0 Å². The van der Waals surface area contributed by atoms with Gasteiger partial charge in [-0.25, -0.2) is 0 Å². The first-order chi connectivity index (χ1) is 26.8. The first-order valence-corrected chi connectivity index (χ1v) is 20.2. The highest BCUT2D eigenvalue weighted by Crippen LogP contribution is 2.46. The van der Waals surface area contributed by atoms with E-state index in [4.69, 9.17) is 0 Å². The second kappa shape index (κ2) is 14.1. The molecule has 0 unspecified atom stereocenters. The van der Waals surface area contributed by atoms with E-state index in [-0.39, 0.29) is 0 Å². The molecular weight excluding hydrogens is 671 g/mol. The summed E-state index contributed by atoms with van der Waals surface area (Å²) in [7, 11) is 0. The Morgan fingerprint density at radius 3 is 1.74 bits per heavy atom. The summed E-state index contributed by atoms with van der Waals surface area (Å²) in [6.07, 6.45) is 6.50. The zero-order valence-corrected chi connectivity index (χ0v) is 31.1. The van der Waals surface area contributed by atoms with Crippen molar-refractivity contribution in [2.24, 2.45) is 0 Å². The molecule has 1 aliphatic carbocycles. The van der Waals surface area contributed by atoms with Gasteiger partial charge in [-0.2, -0.15) is 0 Å². The van der Waals surface area contributed by atoms with Crippen LogP contribution in [0.3, 0.4) is 0 Å². The predicted octanol–water partition coefficient (Wildman–Crippen LogP) is 15.7. The van der Waals surface area contributed by atoms with E-state index in [1.54, 1.807) is 0 Å². The van der Waals surface area contributed by atoms with Crippen molar-refractivity contribution in [3.8, 4) is 33.4 Å². The molecule has 1 nitrogen and oxygen atoms in total. The highest BCUT2D eigenvalue weighted by molar-refractivity contribution is 7.25. The van der Waals surface area contributed by atoms with Gasteiger partial charge >= 0.3 is 0 Å². The SMILES string of the molecule is c1ccc(-c2cccc(-c3ccccc3)c2-c2ccc(N(c3cc(C4CCCCC4)c4ccccc4c3)c3ccc4c(c3)sc3ccccc34)cc2)cc1. The van der Waals surface area contributed by atoms with Gasteiger partial charge in [-0.3, -0.25) is 0 Å². The largest absolute Gasteiger partial charge is 0.310 e. The Morgan fingerprint density at radius 1 is 0.407 bits per heavy atom. The van der Waals surface area contributed by atoms with E-state index in [0.717, 1.165) is 5.69 Å². The van der Waals surface area contributed by atoms with E-state index in [1.807, 2.05) is 11.3 Å². The minimum atomic E-state index is 0.587. The van der Waals surface area contributed by atoms with Crippen LogP contribution in [-0.2, 0) is 0 Å². The Morgan fingerprint density at radius 2 is 1.02 bits per heavy atom. The lowest BCUT2D eigenvalue weighted by molar-refractivity contribution is 0.445. The molecule has 1 fully saturated rings. The van der Waals surface area contributed by atoms with Crippen molar-refractivity contribution in [1.82, 2.24) is 0 Å². The molecule has 2 heteroatoms. The Labute approximate surface area is 321 Å². The molecule has 0 aliphatic heterocycles. The maximum Gasteiger partial charge on any atom is 0.0476 e. The van der Waals surface area contributed by atoms with Crippen molar-refractivity contribution in [2.75, 3.05) is 4.90 Å². The quantitative estimate of drug-likeness (QED) is 0.159. The molecule has 0 amide bonds. The van der Waals surface area contributed by atoms with Crippen LogP contribution in [0.1, 0.15) is 43.6 Å². The summed E-state index contributed by atoms with van der Waals surface area (Å²) in [5.41, 5.74) is 12.4. The molecule has 8 aromatic carbocycles. The highest BCUT2D eigenvalue weighted by atomic mass is 32.1. The molecule has 9 aromatic rings. The molecule has 0 bridgehead atoms. The van der Waals surface area contributed by atoms with Crippen LogP contribution in [0.5, 0.6) is 0 Å². The molecule has 1 aliphatic rings. The number of fused-ring (bicyclic) bond motifs is 4. The summed E-state index contributed by atoms with van der Waals surface area (Å²) in [5.74, 6) is 0.587. The lowest BCUT2D eigenvalue weighted by Crippen LogP contribution is -2.12. The number of rotatable bonds is 7. The molecular formula is C52H41NS. The third-order valence-corrected chi connectivity index (χ3v) is 12.6. The Balaban J connectivity index is 1.16. The van der Waals surface area contributed by atoms with Gasteiger partial charge in [0.05, 0.1) is 0 Å². The lowest BCUT2D eigenvalue weighted by atomic mass is 9.81. The first kappa shape index (κ1) is 32.7. The molecule has 10 rings (SSSR count). The van der Waals surface area contributed by atoms with Crippen molar-refractivity contribution in [3.05, 3.63) is 188 Å². The fourth-order valence-corrected chi connectivity index (χ4v) is 10.0. The molecule has 54 heavy (non-hydrogen) atoms. The van der Waals surface area contributed by atoms with Gasteiger partial charge in [-0.15, -0.1) is 11.3 Å². The summed E-state index contributed by atoms with van der Waals surface area (Å²) in [6, 6.07) is 67.4. The third-order valence-electron chi connectivity index (χ3n) is 11.5. The average molecular weight is 712 g/mol. The van der Waals surface area contributed by atoms with Crippen molar-refractivity contribution in [1.29, 1.82) is 0 Å². The van der Waals surface area contributed by atoms with Crippen LogP contribution >= 0.6 is 11.3 Å². The van der Waals surface area contributed by atoms with Crippen LogP contribution in [0.15, 0.2) is 182 Å². The van der Waals surface area contributed by atoms with Gasteiger partial charge in [0.25, 0.3) is 0 Å². The summed E-state index contributed by atoms with van der Waals surface area (Å²) in [6.45, 7) is 0. The van der Waals surface area contributed by atoms with Gasteiger partial charge in [0.1, 0.15) is 0 Å². The summed E-state index contributed by atoms with van der Waals surface area (Å²) >= 11 is 1.88. The van der Waals surface area contributed by atoms with Gasteiger partial charge in [0.2, 0.25) is 0 Å². The van der Waals surface area contributed by atoms with E-state index < -0.39 is 0 Å². The molecule has 260 valence electrons. The molecule has 1 heterocycles. The van der Waals surface area contributed by atoms with E-state index in [2.05, 4.69) is 187 Å². The molecule has 0 saturated heterocycles. The first-order valence-electron chi connectivity index (χ1n) is 19.4. The maximum absolute atomic E-state index is 2.51. The number of anilines is 3. The number of nitrogens with zero attached hydrogens (tertiary/aromatic N) is 1. The molecule has 1 aromatic heterocycles. The van der Waals surface area contributed by atoms with Crippen LogP contribution < -0.4 is 4.90 Å².